The lowest BCUT2D eigenvalue weighted by Gasteiger charge is -2.15. The van der Waals surface area contributed by atoms with Crippen LogP contribution in [-0.4, -0.2) is 9.55 Å². The Morgan fingerprint density at radius 1 is 1.57 bits per heavy atom. The van der Waals surface area contributed by atoms with Crippen LogP contribution in [0.5, 0.6) is 0 Å². The lowest BCUT2D eigenvalue weighted by atomic mass is 10.2. The standard InChI is InChI=1S/C9H12BrClN2O/c1-3-6(4-2)13-5-12-8(11)7(10)9(13)14/h5-6H,3-4H2,1-2H3. The monoisotopic (exact) mass is 278 g/mol. The maximum absolute atomic E-state index is 11.7. The zero-order valence-corrected chi connectivity index (χ0v) is 10.5. The van der Waals surface area contributed by atoms with Gasteiger partial charge in [0.15, 0.2) is 5.15 Å². The van der Waals surface area contributed by atoms with Gasteiger partial charge in [-0.3, -0.25) is 9.36 Å². The smallest absolute Gasteiger partial charge is 0.269 e. The van der Waals surface area contributed by atoms with Gasteiger partial charge in [0.1, 0.15) is 4.47 Å². The van der Waals surface area contributed by atoms with E-state index < -0.39 is 0 Å². The molecule has 78 valence electrons. The third-order valence-corrected chi connectivity index (χ3v) is 3.46. The molecule has 3 nitrogen and oxygen atoms in total. The average Bonchev–Trinajstić information content (AvgIpc) is 2.19. The van der Waals surface area contributed by atoms with Crippen LogP contribution in [0.3, 0.4) is 0 Å². The van der Waals surface area contributed by atoms with E-state index in [0.717, 1.165) is 12.8 Å². The van der Waals surface area contributed by atoms with E-state index in [1.807, 2.05) is 13.8 Å². The molecule has 0 aromatic carbocycles. The van der Waals surface area contributed by atoms with E-state index in [1.54, 1.807) is 4.57 Å². The lowest BCUT2D eigenvalue weighted by Crippen LogP contribution is -2.25. The molecule has 0 saturated heterocycles. The second-order valence-electron chi connectivity index (χ2n) is 3.03. The van der Waals surface area contributed by atoms with Crippen molar-refractivity contribution < 1.29 is 0 Å². The summed E-state index contributed by atoms with van der Waals surface area (Å²) in [7, 11) is 0. The topological polar surface area (TPSA) is 34.9 Å². The third-order valence-electron chi connectivity index (χ3n) is 2.23. The van der Waals surface area contributed by atoms with Gasteiger partial charge in [-0.15, -0.1) is 0 Å². The van der Waals surface area contributed by atoms with E-state index in [0.29, 0.717) is 4.47 Å². The highest BCUT2D eigenvalue weighted by atomic mass is 79.9. The molecule has 0 fully saturated rings. The zero-order valence-electron chi connectivity index (χ0n) is 8.13. The van der Waals surface area contributed by atoms with E-state index >= 15 is 0 Å². The van der Waals surface area contributed by atoms with Crippen molar-refractivity contribution in [1.82, 2.24) is 9.55 Å². The molecule has 0 radical (unpaired) electrons. The molecule has 1 heterocycles. The number of halogens is 2. The Morgan fingerprint density at radius 3 is 2.64 bits per heavy atom. The summed E-state index contributed by atoms with van der Waals surface area (Å²) in [5, 5.41) is 0.220. The van der Waals surface area contributed by atoms with Crippen molar-refractivity contribution in [3.05, 3.63) is 26.3 Å². The van der Waals surface area contributed by atoms with Crippen molar-refractivity contribution in [3.8, 4) is 0 Å². The van der Waals surface area contributed by atoms with Gasteiger partial charge in [0.05, 0.1) is 6.33 Å². The Hall–Kier alpha value is -0.350. The van der Waals surface area contributed by atoms with Crippen molar-refractivity contribution in [2.24, 2.45) is 0 Å². The quantitative estimate of drug-likeness (QED) is 0.797. The summed E-state index contributed by atoms with van der Waals surface area (Å²) in [6, 6.07) is 0.198. The molecule has 0 atom stereocenters. The van der Waals surface area contributed by atoms with Crippen molar-refractivity contribution in [2.75, 3.05) is 0 Å². The third kappa shape index (κ3) is 2.17. The van der Waals surface area contributed by atoms with Crippen LogP contribution in [0.4, 0.5) is 0 Å². The normalized spacial score (nSPS) is 10.9. The fourth-order valence-corrected chi connectivity index (χ4v) is 1.80. The first-order chi connectivity index (χ1) is 6.61. The predicted octanol–water partition coefficient (Wildman–Crippen LogP) is 3.02. The molecule has 0 aliphatic rings. The van der Waals surface area contributed by atoms with Crippen LogP contribution in [0.1, 0.15) is 32.7 Å². The van der Waals surface area contributed by atoms with Gasteiger partial charge in [-0.25, -0.2) is 4.98 Å². The molecule has 0 aliphatic carbocycles. The van der Waals surface area contributed by atoms with Crippen LogP contribution in [0.25, 0.3) is 0 Å². The van der Waals surface area contributed by atoms with Crippen LogP contribution in [0, 0.1) is 0 Å². The molecule has 0 aliphatic heterocycles. The van der Waals surface area contributed by atoms with E-state index in [4.69, 9.17) is 11.6 Å². The first-order valence-corrected chi connectivity index (χ1v) is 5.71. The van der Waals surface area contributed by atoms with Gasteiger partial charge in [-0.2, -0.15) is 0 Å². The van der Waals surface area contributed by atoms with Crippen LogP contribution in [-0.2, 0) is 0 Å². The van der Waals surface area contributed by atoms with Crippen LogP contribution in [0.15, 0.2) is 15.6 Å². The van der Waals surface area contributed by atoms with Crippen molar-refractivity contribution in [3.63, 3.8) is 0 Å². The van der Waals surface area contributed by atoms with Gasteiger partial charge in [0, 0.05) is 6.04 Å². The van der Waals surface area contributed by atoms with Gasteiger partial charge in [0.25, 0.3) is 5.56 Å². The first-order valence-electron chi connectivity index (χ1n) is 4.53. The number of rotatable bonds is 3. The second-order valence-corrected chi connectivity index (χ2v) is 4.18. The minimum absolute atomic E-state index is 0.112. The molecule has 1 aromatic rings. The van der Waals surface area contributed by atoms with Crippen LogP contribution in [0.2, 0.25) is 5.15 Å². The summed E-state index contributed by atoms with van der Waals surface area (Å²) >= 11 is 8.83. The van der Waals surface area contributed by atoms with Crippen molar-refractivity contribution in [1.29, 1.82) is 0 Å². The molecular formula is C9H12BrClN2O. The minimum atomic E-state index is -0.112. The number of hydrogen-bond donors (Lipinski definition) is 0. The van der Waals surface area contributed by atoms with E-state index in [-0.39, 0.29) is 16.8 Å². The summed E-state index contributed by atoms with van der Waals surface area (Å²) in [5.41, 5.74) is -0.112. The van der Waals surface area contributed by atoms with Crippen molar-refractivity contribution >= 4 is 27.5 Å². The number of hydrogen-bond acceptors (Lipinski definition) is 2. The van der Waals surface area contributed by atoms with Crippen molar-refractivity contribution in [2.45, 2.75) is 32.7 Å². The van der Waals surface area contributed by atoms with Gasteiger partial charge in [0.2, 0.25) is 0 Å². The SMILES string of the molecule is CCC(CC)n1cnc(Cl)c(Br)c1=O. The lowest BCUT2D eigenvalue weighted by molar-refractivity contribution is 0.451. The Kier molecular flexibility index (Phi) is 4.13. The second kappa shape index (κ2) is 4.94. The molecule has 14 heavy (non-hydrogen) atoms. The molecule has 1 aromatic heterocycles. The Morgan fingerprint density at radius 2 is 2.14 bits per heavy atom. The maximum Gasteiger partial charge on any atom is 0.269 e. The summed E-state index contributed by atoms with van der Waals surface area (Å²) < 4.78 is 1.96. The fourth-order valence-electron chi connectivity index (χ4n) is 1.37. The minimum Gasteiger partial charge on any atom is -0.295 e. The van der Waals surface area contributed by atoms with Crippen LogP contribution < -0.4 is 5.56 Å². The van der Waals surface area contributed by atoms with Gasteiger partial charge in [-0.1, -0.05) is 25.4 Å². The molecule has 0 amide bonds. The largest absolute Gasteiger partial charge is 0.295 e. The average molecular weight is 280 g/mol. The molecule has 0 saturated carbocycles. The van der Waals surface area contributed by atoms with E-state index in [1.165, 1.54) is 6.33 Å². The van der Waals surface area contributed by atoms with Crippen LogP contribution >= 0.6 is 27.5 Å². The molecule has 0 spiro atoms. The summed E-state index contributed by atoms with van der Waals surface area (Å²) in [6.45, 7) is 4.09. The van der Waals surface area contributed by atoms with Gasteiger partial charge in [-0.05, 0) is 28.8 Å². The Labute approximate surface area is 96.2 Å². The molecule has 5 heteroatoms. The molecule has 0 bridgehead atoms. The molecule has 1 rings (SSSR count). The Bertz CT molecular complexity index is 374. The maximum atomic E-state index is 11.7. The summed E-state index contributed by atoms with van der Waals surface area (Å²) in [6.07, 6.45) is 3.32. The van der Waals surface area contributed by atoms with Gasteiger partial charge >= 0.3 is 0 Å². The summed E-state index contributed by atoms with van der Waals surface area (Å²) in [5.74, 6) is 0. The number of aromatic nitrogens is 2. The highest BCUT2D eigenvalue weighted by molar-refractivity contribution is 9.10. The Balaban J connectivity index is 3.23. The number of nitrogens with zero attached hydrogens (tertiary/aromatic N) is 2. The highest BCUT2D eigenvalue weighted by Crippen LogP contribution is 2.18. The van der Waals surface area contributed by atoms with E-state index in [2.05, 4.69) is 20.9 Å². The summed E-state index contributed by atoms with van der Waals surface area (Å²) in [4.78, 5) is 15.7. The fraction of sp³-hybridized carbons (Fsp3) is 0.556. The molecule has 0 unspecified atom stereocenters. The highest BCUT2D eigenvalue weighted by Gasteiger charge is 2.12. The first kappa shape index (κ1) is 11.7. The predicted molar refractivity (Wildman–Crippen MR) is 60.8 cm³/mol. The molecule has 0 N–H and O–H groups in total. The van der Waals surface area contributed by atoms with Gasteiger partial charge < -0.3 is 0 Å². The zero-order chi connectivity index (χ0) is 10.7. The van der Waals surface area contributed by atoms with E-state index in [9.17, 15) is 4.79 Å². The molecular weight excluding hydrogens is 267 g/mol.